The van der Waals surface area contributed by atoms with Crippen molar-refractivity contribution < 1.29 is 17.2 Å². The van der Waals surface area contributed by atoms with E-state index in [4.69, 9.17) is 5.14 Å². The van der Waals surface area contributed by atoms with Crippen LogP contribution in [0.2, 0.25) is 0 Å². The van der Waals surface area contributed by atoms with Gasteiger partial charge in [-0.3, -0.25) is 0 Å². The monoisotopic (exact) mass is 377 g/mol. The molecule has 0 atom stereocenters. The van der Waals surface area contributed by atoms with Gasteiger partial charge in [-0.05, 0) is 44.2 Å². The summed E-state index contributed by atoms with van der Waals surface area (Å²) in [6, 6.07) is 9.43. The summed E-state index contributed by atoms with van der Waals surface area (Å²) in [5.41, 5.74) is 2.59. The topological polar surface area (TPSA) is 78.0 Å². The number of benzene rings is 2. The zero-order valence-electron chi connectivity index (χ0n) is 14.2. The fraction of sp³-hybridized carbons (Fsp3) is 0.167. The van der Waals surface area contributed by atoms with E-state index in [0.717, 1.165) is 17.5 Å². The molecule has 0 saturated carbocycles. The maximum Gasteiger partial charge on any atom is 0.238 e. The minimum atomic E-state index is -3.79. The number of rotatable bonds is 4. The second-order valence-electron chi connectivity index (χ2n) is 6.00. The minimum absolute atomic E-state index is 0.00243. The first kappa shape index (κ1) is 18.2. The van der Waals surface area contributed by atoms with E-state index in [1.54, 1.807) is 16.7 Å². The van der Waals surface area contributed by atoms with Gasteiger partial charge in [0.2, 0.25) is 10.0 Å². The summed E-state index contributed by atoms with van der Waals surface area (Å²) in [7, 11) is -3.79. The summed E-state index contributed by atoms with van der Waals surface area (Å²) >= 11 is 0. The maximum absolute atomic E-state index is 14.0. The lowest BCUT2D eigenvalue weighted by Crippen LogP contribution is -2.12. The SMILES string of the molecule is Cc1nc(-c2ccc(S(N)(=O)=O)cc2)n(Cc2ccc(F)cc2F)c1C. The molecule has 0 fully saturated rings. The van der Waals surface area contributed by atoms with E-state index in [1.165, 1.54) is 24.3 Å². The van der Waals surface area contributed by atoms with Gasteiger partial charge in [-0.15, -0.1) is 0 Å². The highest BCUT2D eigenvalue weighted by Gasteiger charge is 2.16. The summed E-state index contributed by atoms with van der Waals surface area (Å²) < 4.78 is 51.8. The Morgan fingerprint density at radius 2 is 1.73 bits per heavy atom. The van der Waals surface area contributed by atoms with Crippen LogP contribution in [-0.2, 0) is 16.6 Å². The number of halogens is 2. The molecule has 136 valence electrons. The van der Waals surface area contributed by atoms with E-state index in [-0.39, 0.29) is 11.4 Å². The van der Waals surface area contributed by atoms with Crippen molar-refractivity contribution in [2.75, 3.05) is 0 Å². The van der Waals surface area contributed by atoms with E-state index < -0.39 is 21.7 Å². The first-order valence-corrected chi connectivity index (χ1v) is 9.32. The molecule has 0 aliphatic rings. The Bertz CT molecular complexity index is 1070. The lowest BCUT2D eigenvalue weighted by molar-refractivity contribution is 0.565. The molecule has 8 heteroatoms. The Morgan fingerprint density at radius 1 is 1.08 bits per heavy atom. The third kappa shape index (κ3) is 3.51. The summed E-state index contributed by atoms with van der Waals surface area (Å²) in [4.78, 5) is 4.50. The van der Waals surface area contributed by atoms with Gasteiger partial charge in [-0.2, -0.15) is 0 Å². The molecule has 26 heavy (non-hydrogen) atoms. The van der Waals surface area contributed by atoms with Crippen LogP contribution in [-0.4, -0.2) is 18.0 Å². The molecule has 5 nitrogen and oxygen atoms in total. The van der Waals surface area contributed by atoms with Crippen LogP contribution in [0.1, 0.15) is 17.0 Å². The molecular formula is C18H17F2N3O2S. The van der Waals surface area contributed by atoms with Crippen LogP contribution in [0.25, 0.3) is 11.4 Å². The van der Waals surface area contributed by atoms with Crippen molar-refractivity contribution >= 4 is 10.0 Å². The molecule has 1 aromatic heterocycles. The molecule has 0 unspecified atom stereocenters. The van der Waals surface area contributed by atoms with E-state index in [1.807, 2.05) is 13.8 Å². The van der Waals surface area contributed by atoms with E-state index >= 15 is 0 Å². The van der Waals surface area contributed by atoms with Crippen molar-refractivity contribution in [2.24, 2.45) is 5.14 Å². The molecule has 3 rings (SSSR count). The highest BCUT2D eigenvalue weighted by Crippen LogP contribution is 2.25. The molecule has 0 radical (unpaired) electrons. The standard InChI is InChI=1S/C18H17F2N3O2S/c1-11-12(2)23(10-14-3-6-15(19)9-17(14)20)18(22-11)13-4-7-16(8-5-13)26(21,24)25/h3-9H,10H2,1-2H3,(H2,21,24,25). The van der Waals surface area contributed by atoms with Gasteiger partial charge in [0.1, 0.15) is 17.5 Å². The molecule has 1 heterocycles. The molecule has 0 amide bonds. The molecule has 2 N–H and O–H groups in total. The van der Waals surface area contributed by atoms with Crippen molar-refractivity contribution in [3.05, 3.63) is 71.1 Å². The Kier molecular flexibility index (Phi) is 4.64. The Balaban J connectivity index is 2.05. The van der Waals surface area contributed by atoms with Crippen LogP contribution in [0, 0.1) is 25.5 Å². The van der Waals surface area contributed by atoms with Crippen LogP contribution in [0.3, 0.4) is 0 Å². The Hall–Kier alpha value is -2.58. The van der Waals surface area contributed by atoms with Gasteiger partial charge in [0.25, 0.3) is 0 Å². The summed E-state index contributed by atoms with van der Waals surface area (Å²) in [5, 5.41) is 5.11. The second kappa shape index (κ2) is 6.62. The summed E-state index contributed by atoms with van der Waals surface area (Å²) in [6.07, 6.45) is 0. The normalized spacial score (nSPS) is 11.7. The molecule has 3 aromatic rings. The van der Waals surface area contributed by atoms with Gasteiger partial charge in [0, 0.05) is 22.9 Å². The van der Waals surface area contributed by atoms with E-state index in [2.05, 4.69) is 4.98 Å². The Labute approximate surface area is 150 Å². The highest BCUT2D eigenvalue weighted by atomic mass is 32.2. The average Bonchev–Trinajstić information content (AvgIpc) is 2.85. The van der Waals surface area contributed by atoms with Gasteiger partial charge in [-0.25, -0.2) is 27.3 Å². The number of aryl methyl sites for hydroxylation is 1. The van der Waals surface area contributed by atoms with Gasteiger partial charge < -0.3 is 4.57 Å². The maximum atomic E-state index is 14.0. The smallest absolute Gasteiger partial charge is 0.238 e. The largest absolute Gasteiger partial charge is 0.324 e. The van der Waals surface area contributed by atoms with Crippen molar-refractivity contribution in [3.63, 3.8) is 0 Å². The number of nitrogens with zero attached hydrogens (tertiary/aromatic N) is 2. The van der Waals surface area contributed by atoms with Crippen LogP contribution in [0.4, 0.5) is 8.78 Å². The quantitative estimate of drug-likeness (QED) is 0.759. The fourth-order valence-electron chi connectivity index (χ4n) is 2.68. The number of hydrogen-bond acceptors (Lipinski definition) is 3. The zero-order valence-corrected chi connectivity index (χ0v) is 15.0. The zero-order chi connectivity index (χ0) is 19.1. The fourth-order valence-corrected chi connectivity index (χ4v) is 3.20. The number of hydrogen-bond donors (Lipinski definition) is 1. The van der Waals surface area contributed by atoms with Crippen LogP contribution in [0.5, 0.6) is 0 Å². The average molecular weight is 377 g/mol. The number of sulfonamides is 1. The van der Waals surface area contributed by atoms with Crippen molar-refractivity contribution in [1.29, 1.82) is 0 Å². The highest BCUT2D eigenvalue weighted by molar-refractivity contribution is 7.89. The first-order valence-electron chi connectivity index (χ1n) is 7.77. The Morgan fingerprint density at radius 3 is 2.31 bits per heavy atom. The lowest BCUT2D eigenvalue weighted by atomic mass is 10.1. The lowest BCUT2D eigenvalue weighted by Gasteiger charge is -2.12. The third-order valence-electron chi connectivity index (χ3n) is 4.24. The molecular weight excluding hydrogens is 360 g/mol. The van der Waals surface area contributed by atoms with Crippen molar-refractivity contribution in [1.82, 2.24) is 9.55 Å². The molecule has 2 aromatic carbocycles. The van der Waals surface area contributed by atoms with Crippen LogP contribution < -0.4 is 5.14 Å². The predicted octanol–water partition coefficient (Wildman–Crippen LogP) is 3.14. The van der Waals surface area contributed by atoms with Gasteiger partial charge in [0.15, 0.2) is 0 Å². The molecule has 0 bridgehead atoms. The summed E-state index contributed by atoms with van der Waals surface area (Å²) in [6.45, 7) is 3.85. The number of primary sulfonamides is 1. The van der Waals surface area contributed by atoms with Crippen LogP contribution >= 0.6 is 0 Å². The van der Waals surface area contributed by atoms with Gasteiger partial charge in [-0.1, -0.05) is 6.07 Å². The molecule has 0 spiro atoms. The van der Waals surface area contributed by atoms with Crippen molar-refractivity contribution in [3.8, 4) is 11.4 Å². The minimum Gasteiger partial charge on any atom is -0.324 e. The van der Waals surface area contributed by atoms with Crippen LogP contribution in [0.15, 0.2) is 47.4 Å². The number of nitrogens with two attached hydrogens (primary N) is 1. The van der Waals surface area contributed by atoms with E-state index in [0.29, 0.717) is 17.0 Å². The van der Waals surface area contributed by atoms with E-state index in [9.17, 15) is 17.2 Å². The number of aromatic nitrogens is 2. The summed E-state index contributed by atoms with van der Waals surface area (Å²) in [5.74, 6) is -0.709. The van der Waals surface area contributed by atoms with Crippen molar-refractivity contribution in [2.45, 2.75) is 25.3 Å². The predicted molar refractivity (Wildman–Crippen MR) is 94.0 cm³/mol. The number of imidazole rings is 1. The van der Waals surface area contributed by atoms with Gasteiger partial charge >= 0.3 is 0 Å². The molecule has 0 aliphatic heterocycles. The second-order valence-corrected chi connectivity index (χ2v) is 7.56. The third-order valence-corrected chi connectivity index (χ3v) is 5.17. The first-order chi connectivity index (χ1) is 12.2. The van der Waals surface area contributed by atoms with Gasteiger partial charge in [0.05, 0.1) is 17.1 Å². The molecule has 0 saturated heterocycles. The molecule has 0 aliphatic carbocycles.